The number of aromatic nitrogens is 1. The van der Waals surface area contributed by atoms with E-state index < -0.39 is 11.7 Å². The summed E-state index contributed by atoms with van der Waals surface area (Å²) in [6.45, 7) is 3.86. The summed E-state index contributed by atoms with van der Waals surface area (Å²) in [5.74, 6) is -0.255. The van der Waals surface area contributed by atoms with E-state index in [9.17, 15) is 18.0 Å². The second-order valence-electron chi connectivity index (χ2n) is 3.84. The van der Waals surface area contributed by atoms with Gasteiger partial charge >= 0.3 is 6.18 Å². The van der Waals surface area contributed by atoms with E-state index in [-0.39, 0.29) is 22.7 Å². The van der Waals surface area contributed by atoms with E-state index in [1.54, 1.807) is 0 Å². The summed E-state index contributed by atoms with van der Waals surface area (Å²) >= 11 is 1.41. The number of hydrogen-bond donors (Lipinski definition) is 1. The second-order valence-corrected chi connectivity index (χ2v) is 5.40. The molecule has 0 atom stereocenters. The highest BCUT2D eigenvalue weighted by molar-refractivity contribution is 8.00. The Bertz CT molecular complexity index is 421. The molecule has 0 aliphatic rings. The monoisotopic (exact) mass is 278 g/mol. The molecular weight excluding hydrogens is 265 g/mol. The number of nitrogens with one attached hydrogen (secondary N) is 1. The van der Waals surface area contributed by atoms with Gasteiger partial charge in [0.1, 0.15) is 5.82 Å². The van der Waals surface area contributed by atoms with Crippen molar-refractivity contribution in [1.82, 2.24) is 4.98 Å². The quantitative estimate of drug-likeness (QED) is 0.919. The number of rotatable bonds is 4. The minimum Gasteiger partial charge on any atom is -0.310 e. The lowest BCUT2D eigenvalue weighted by Gasteiger charge is -2.09. The number of halogens is 3. The third kappa shape index (κ3) is 4.95. The predicted molar refractivity (Wildman–Crippen MR) is 65.5 cm³/mol. The third-order valence-corrected chi connectivity index (χ3v) is 3.00. The molecule has 0 aromatic carbocycles. The number of nitrogens with zero attached hydrogens (tertiary/aromatic N) is 1. The van der Waals surface area contributed by atoms with Gasteiger partial charge in [-0.3, -0.25) is 4.79 Å². The molecule has 18 heavy (non-hydrogen) atoms. The Hall–Kier alpha value is -1.24. The van der Waals surface area contributed by atoms with Crippen LogP contribution in [0.15, 0.2) is 18.3 Å². The van der Waals surface area contributed by atoms with Crippen molar-refractivity contribution in [1.29, 1.82) is 0 Å². The zero-order chi connectivity index (χ0) is 13.8. The fraction of sp³-hybridized carbons (Fsp3) is 0.455. The average Bonchev–Trinajstić information content (AvgIpc) is 2.25. The zero-order valence-corrected chi connectivity index (χ0v) is 10.7. The molecule has 0 radical (unpaired) electrons. The van der Waals surface area contributed by atoms with Crippen molar-refractivity contribution in [2.24, 2.45) is 0 Å². The summed E-state index contributed by atoms with van der Waals surface area (Å²) in [5, 5.41) is 2.62. The van der Waals surface area contributed by atoms with Crippen LogP contribution >= 0.6 is 11.8 Å². The number of thioether (sulfide) groups is 1. The first-order valence-electron chi connectivity index (χ1n) is 5.23. The second kappa shape index (κ2) is 6.08. The van der Waals surface area contributed by atoms with E-state index >= 15 is 0 Å². The number of carbonyl (C=O) groups is 1. The molecule has 1 aromatic rings. The molecule has 0 unspecified atom stereocenters. The Morgan fingerprint density at radius 1 is 1.50 bits per heavy atom. The van der Waals surface area contributed by atoms with E-state index in [2.05, 4.69) is 10.3 Å². The molecule has 3 nitrogen and oxygen atoms in total. The van der Waals surface area contributed by atoms with Gasteiger partial charge in [0.05, 0.1) is 11.3 Å². The molecule has 0 saturated carbocycles. The summed E-state index contributed by atoms with van der Waals surface area (Å²) in [6.07, 6.45) is -3.41. The average molecular weight is 278 g/mol. The van der Waals surface area contributed by atoms with Crippen molar-refractivity contribution >= 4 is 23.5 Å². The normalized spacial score (nSPS) is 11.7. The summed E-state index contributed by atoms with van der Waals surface area (Å²) in [7, 11) is 0. The van der Waals surface area contributed by atoms with Crippen LogP contribution < -0.4 is 5.32 Å². The Morgan fingerprint density at radius 2 is 2.17 bits per heavy atom. The summed E-state index contributed by atoms with van der Waals surface area (Å²) < 4.78 is 37.2. The molecule has 0 aliphatic heterocycles. The number of carbonyl (C=O) groups excluding carboxylic acids is 1. The van der Waals surface area contributed by atoms with Gasteiger partial charge in [0.25, 0.3) is 0 Å². The number of alkyl halides is 3. The highest BCUT2D eigenvalue weighted by Gasteiger charge is 2.30. The Kier molecular flexibility index (Phi) is 5.01. The van der Waals surface area contributed by atoms with Crippen molar-refractivity contribution in [2.45, 2.75) is 25.3 Å². The predicted octanol–water partition coefficient (Wildman–Crippen LogP) is 3.18. The van der Waals surface area contributed by atoms with Crippen LogP contribution in [0, 0.1) is 0 Å². The molecular formula is C11H13F3N2OS. The van der Waals surface area contributed by atoms with Gasteiger partial charge in [0.2, 0.25) is 5.91 Å². The first-order chi connectivity index (χ1) is 8.29. The first-order valence-corrected chi connectivity index (χ1v) is 6.28. The van der Waals surface area contributed by atoms with Crippen molar-refractivity contribution in [3.8, 4) is 0 Å². The topological polar surface area (TPSA) is 42.0 Å². The lowest BCUT2D eigenvalue weighted by Crippen LogP contribution is -2.17. The molecule has 0 spiro atoms. The van der Waals surface area contributed by atoms with E-state index in [1.807, 2.05) is 13.8 Å². The SMILES string of the molecule is CC(C)SCC(=O)Nc1cc(C(F)(F)F)ccn1. The Balaban J connectivity index is 2.65. The van der Waals surface area contributed by atoms with Crippen LogP contribution in [-0.2, 0) is 11.0 Å². The maximum Gasteiger partial charge on any atom is 0.416 e. The highest BCUT2D eigenvalue weighted by atomic mass is 32.2. The van der Waals surface area contributed by atoms with Crippen LogP contribution in [0.25, 0.3) is 0 Å². The smallest absolute Gasteiger partial charge is 0.310 e. The van der Waals surface area contributed by atoms with Gasteiger partial charge in [-0.1, -0.05) is 13.8 Å². The zero-order valence-electron chi connectivity index (χ0n) is 9.91. The van der Waals surface area contributed by atoms with E-state index in [1.165, 1.54) is 11.8 Å². The van der Waals surface area contributed by atoms with E-state index in [0.717, 1.165) is 18.3 Å². The molecule has 1 aromatic heterocycles. The molecule has 0 aliphatic carbocycles. The van der Waals surface area contributed by atoms with Crippen molar-refractivity contribution in [2.75, 3.05) is 11.1 Å². The Morgan fingerprint density at radius 3 is 2.72 bits per heavy atom. The van der Waals surface area contributed by atoms with E-state index in [0.29, 0.717) is 0 Å². The number of hydrogen-bond acceptors (Lipinski definition) is 3. The van der Waals surface area contributed by atoms with Crippen LogP contribution in [0.5, 0.6) is 0 Å². The Labute approximate surface area is 107 Å². The van der Waals surface area contributed by atoms with Gasteiger partial charge in [0.15, 0.2) is 0 Å². The largest absolute Gasteiger partial charge is 0.416 e. The summed E-state index contributed by atoms with van der Waals surface area (Å²) in [5.41, 5.74) is -0.829. The molecule has 1 rings (SSSR count). The molecule has 1 N–H and O–H groups in total. The fourth-order valence-corrected chi connectivity index (χ4v) is 1.65. The van der Waals surface area contributed by atoms with Crippen LogP contribution in [0.4, 0.5) is 19.0 Å². The van der Waals surface area contributed by atoms with Gasteiger partial charge in [-0.15, -0.1) is 11.8 Å². The van der Waals surface area contributed by atoms with Crippen LogP contribution in [0.1, 0.15) is 19.4 Å². The molecule has 0 bridgehead atoms. The molecule has 7 heteroatoms. The van der Waals surface area contributed by atoms with Gasteiger partial charge in [-0.05, 0) is 17.4 Å². The lowest BCUT2D eigenvalue weighted by atomic mass is 10.2. The lowest BCUT2D eigenvalue weighted by molar-refractivity contribution is -0.137. The fourth-order valence-electron chi connectivity index (χ4n) is 1.10. The first kappa shape index (κ1) is 14.8. The van der Waals surface area contributed by atoms with Gasteiger partial charge in [-0.25, -0.2) is 4.98 Å². The molecule has 0 saturated heterocycles. The number of pyridine rings is 1. The van der Waals surface area contributed by atoms with Crippen molar-refractivity contribution in [3.05, 3.63) is 23.9 Å². The van der Waals surface area contributed by atoms with Crippen LogP contribution in [0.3, 0.4) is 0 Å². The van der Waals surface area contributed by atoms with Gasteiger partial charge < -0.3 is 5.32 Å². The van der Waals surface area contributed by atoms with Gasteiger partial charge in [-0.2, -0.15) is 13.2 Å². The molecule has 1 amide bonds. The van der Waals surface area contributed by atoms with Gasteiger partial charge in [0, 0.05) is 6.20 Å². The highest BCUT2D eigenvalue weighted by Crippen LogP contribution is 2.29. The third-order valence-electron chi connectivity index (χ3n) is 1.90. The number of amides is 1. The minimum atomic E-state index is -4.44. The maximum atomic E-state index is 12.4. The number of anilines is 1. The standard InChI is InChI=1S/C11H13F3N2OS/c1-7(2)18-6-10(17)16-9-5-8(3-4-15-9)11(12,13)14/h3-5,7H,6H2,1-2H3,(H,15,16,17). The van der Waals surface area contributed by atoms with Crippen molar-refractivity contribution in [3.63, 3.8) is 0 Å². The molecule has 1 heterocycles. The summed E-state index contributed by atoms with van der Waals surface area (Å²) in [6, 6.07) is 1.68. The molecule has 100 valence electrons. The minimum absolute atomic E-state index is 0.0841. The summed E-state index contributed by atoms with van der Waals surface area (Å²) in [4.78, 5) is 15.1. The molecule has 0 fully saturated rings. The maximum absolute atomic E-state index is 12.4. The van der Waals surface area contributed by atoms with E-state index in [4.69, 9.17) is 0 Å². The van der Waals surface area contributed by atoms with Crippen LogP contribution in [0.2, 0.25) is 0 Å². The van der Waals surface area contributed by atoms with Crippen LogP contribution in [-0.4, -0.2) is 21.9 Å². The van der Waals surface area contributed by atoms with Crippen molar-refractivity contribution < 1.29 is 18.0 Å².